The minimum absolute atomic E-state index is 0.487. The van der Waals surface area contributed by atoms with Crippen molar-refractivity contribution in [2.24, 2.45) is 0 Å². The molecule has 5 nitrogen and oxygen atoms in total. The van der Waals surface area contributed by atoms with Crippen molar-refractivity contribution >= 4 is 0 Å². The maximum atomic E-state index is 4.57. The van der Waals surface area contributed by atoms with Crippen molar-refractivity contribution in [3.63, 3.8) is 0 Å². The van der Waals surface area contributed by atoms with Crippen LogP contribution in [0.4, 0.5) is 0 Å². The molecule has 0 fully saturated rings. The van der Waals surface area contributed by atoms with Gasteiger partial charge in [-0.25, -0.2) is 0 Å². The molecular weight excluding hydrogens is 134 g/mol. The monoisotopic (exact) mass is 137 g/mol. The molecule has 50 valence electrons. The van der Waals surface area contributed by atoms with Crippen LogP contribution in [0.2, 0.25) is 0 Å². The lowest BCUT2D eigenvalue weighted by molar-refractivity contribution is 0.416. The zero-order valence-electron chi connectivity index (χ0n) is 4.89. The molecule has 0 amide bonds. The zero-order valence-corrected chi connectivity index (χ0v) is 4.89. The molecule has 5 heteroatoms. The van der Waals surface area contributed by atoms with Crippen molar-refractivity contribution < 1.29 is 9.05 Å². The number of hydrogen-bond donors (Lipinski definition) is 0. The van der Waals surface area contributed by atoms with Gasteiger partial charge in [0.25, 0.3) is 0 Å². The first-order valence-electron chi connectivity index (χ1n) is 2.63. The molecule has 0 atom stereocenters. The molecule has 0 saturated carbocycles. The van der Waals surface area contributed by atoms with E-state index in [9.17, 15) is 0 Å². The fourth-order valence-corrected chi connectivity index (χ4v) is 0.613. The Morgan fingerprint density at radius 1 is 1.30 bits per heavy atom. The van der Waals surface area contributed by atoms with Gasteiger partial charge in [0.2, 0.25) is 12.2 Å². The summed E-state index contributed by atoms with van der Waals surface area (Å²) in [6.45, 7) is 0. The lowest BCUT2D eigenvalue weighted by Gasteiger charge is -1.76. The molecular formula is C5H3N3O2. The van der Waals surface area contributed by atoms with E-state index in [4.69, 9.17) is 0 Å². The second kappa shape index (κ2) is 1.94. The Balaban J connectivity index is 2.48. The first-order chi connectivity index (χ1) is 4.97. The number of nitrogens with zero attached hydrogens (tertiary/aromatic N) is 3. The molecule has 0 aromatic carbocycles. The molecule has 2 heterocycles. The van der Waals surface area contributed by atoms with Gasteiger partial charge in [-0.1, -0.05) is 10.3 Å². The summed E-state index contributed by atoms with van der Waals surface area (Å²) in [5, 5.41) is 7.05. The molecule has 10 heavy (non-hydrogen) atoms. The minimum Gasteiger partial charge on any atom is -0.364 e. The molecule has 2 aromatic heterocycles. The van der Waals surface area contributed by atoms with Gasteiger partial charge < -0.3 is 9.05 Å². The highest BCUT2D eigenvalue weighted by Gasteiger charge is 2.03. The predicted octanol–water partition coefficient (Wildman–Crippen LogP) is 0.725. The fourth-order valence-electron chi connectivity index (χ4n) is 0.613. The van der Waals surface area contributed by atoms with E-state index in [0.717, 1.165) is 0 Å². The van der Waals surface area contributed by atoms with Crippen molar-refractivity contribution in [1.29, 1.82) is 0 Å². The Morgan fingerprint density at radius 3 is 2.90 bits per heavy atom. The number of rotatable bonds is 1. The first kappa shape index (κ1) is 5.16. The third-order valence-electron chi connectivity index (χ3n) is 1.05. The largest absolute Gasteiger partial charge is 0.364 e. The van der Waals surface area contributed by atoms with Gasteiger partial charge in [-0.15, -0.1) is 0 Å². The normalized spacial score (nSPS) is 10.0. The molecule has 0 N–H and O–H groups in total. The standard InChI is InChI=1S/C5H3N3O2/c1-4(2-9-7-1)5-6-3-10-8-5/h1-3H. The van der Waals surface area contributed by atoms with Gasteiger partial charge in [0, 0.05) is 0 Å². The molecule has 0 radical (unpaired) electrons. The molecule has 0 aliphatic rings. The quantitative estimate of drug-likeness (QED) is 0.579. The second-order valence-corrected chi connectivity index (χ2v) is 1.67. The highest BCUT2D eigenvalue weighted by Crippen LogP contribution is 2.11. The average molecular weight is 137 g/mol. The second-order valence-electron chi connectivity index (χ2n) is 1.67. The molecule has 2 rings (SSSR count). The van der Waals surface area contributed by atoms with E-state index in [0.29, 0.717) is 11.4 Å². The van der Waals surface area contributed by atoms with Gasteiger partial charge in [0.05, 0.1) is 11.8 Å². The van der Waals surface area contributed by atoms with Crippen LogP contribution in [0.25, 0.3) is 11.4 Å². The molecule has 0 bridgehead atoms. The Morgan fingerprint density at radius 2 is 2.30 bits per heavy atom. The van der Waals surface area contributed by atoms with E-state index >= 15 is 0 Å². The Hall–Kier alpha value is -1.65. The molecule has 0 saturated heterocycles. The summed E-state index contributed by atoms with van der Waals surface area (Å²) in [4.78, 5) is 3.78. The van der Waals surface area contributed by atoms with Gasteiger partial charge in [-0.3, -0.25) is 0 Å². The van der Waals surface area contributed by atoms with Crippen LogP contribution in [-0.4, -0.2) is 15.3 Å². The summed E-state index contributed by atoms with van der Waals surface area (Å²) in [5.74, 6) is 0.487. The summed E-state index contributed by atoms with van der Waals surface area (Å²) in [5.41, 5.74) is 0.716. The number of hydrogen-bond acceptors (Lipinski definition) is 5. The van der Waals surface area contributed by atoms with E-state index in [1.165, 1.54) is 18.9 Å². The summed E-state index contributed by atoms with van der Waals surface area (Å²) < 4.78 is 9.07. The van der Waals surface area contributed by atoms with Gasteiger partial charge in [-0.2, -0.15) is 4.98 Å². The Labute approximate surface area is 55.6 Å². The van der Waals surface area contributed by atoms with E-state index in [1.807, 2.05) is 0 Å². The predicted molar refractivity (Wildman–Crippen MR) is 29.8 cm³/mol. The molecule has 0 unspecified atom stereocenters. The van der Waals surface area contributed by atoms with Crippen LogP contribution in [-0.2, 0) is 0 Å². The fraction of sp³-hybridized carbons (Fsp3) is 0. The van der Waals surface area contributed by atoms with Crippen LogP contribution in [0.1, 0.15) is 0 Å². The van der Waals surface area contributed by atoms with E-state index in [1.54, 1.807) is 0 Å². The van der Waals surface area contributed by atoms with E-state index in [-0.39, 0.29) is 0 Å². The van der Waals surface area contributed by atoms with Crippen LogP contribution in [0.15, 0.2) is 27.9 Å². The lowest BCUT2D eigenvalue weighted by atomic mass is 10.4. The van der Waals surface area contributed by atoms with E-state index < -0.39 is 0 Å². The topological polar surface area (TPSA) is 65.0 Å². The average Bonchev–Trinajstić information content (AvgIpc) is 2.59. The number of aromatic nitrogens is 3. The zero-order chi connectivity index (χ0) is 6.81. The molecule has 0 aliphatic carbocycles. The molecule has 0 spiro atoms. The third kappa shape index (κ3) is 0.680. The SMILES string of the molecule is c1nc(-c2cnoc2)no1. The van der Waals surface area contributed by atoms with Gasteiger partial charge in [0.15, 0.2) is 0 Å². The van der Waals surface area contributed by atoms with Gasteiger partial charge in [-0.05, 0) is 0 Å². The maximum absolute atomic E-state index is 4.57. The molecule has 0 aliphatic heterocycles. The molecule has 2 aromatic rings. The van der Waals surface area contributed by atoms with Crippen molar-refractivity contribution in [2.45, 2.75) is 0 Å². The first-order valence-corrected chi connectivity index (χ1v) is 2.63. The summed E-state index contributed by atoms with van der Waals surface area (Å²) in [7, 11) is 0. The summed E-state index contributed by atoms with van der Waals surface area (Å²) in [6.07, 6.45) is 4.22. The van der Waals surface area contributed by atoms with Crippen molar-refractivity contribution in [1.82, 2.24) is 15.3 Å². The third-order valence-corrected chi connectivity index (χ3v) is 1.05. The van der Waals surface area contributed by atoms with Crippen LogP contribution >= 0.6 is 0 Å². The van der Waals surface area contributed by atoms with Crippen LogP contribution < -0.4 is 0 Å². The smallest absolute Gasteiger partial charge is 0.214 e. The van der Waals surface area contributed by atoms with Crippen molar-refractivity contribution in [3.05, 3.63) is 18.9 Å². The van der Waals surface area contributed by atoms with Crippen molar-refractivity contribution in [3.8, 4) is 11.4 Å². The van der Waals surface area contributed by atoms with Crippen LogP contribution in [0, 0.1) is 0 Å². The van der Waals surface area contributed by atoms with Crippen LogP contribution in [0.3, 0.4) is 0 Å². The van der Waals surface area contributed by atoms with Crippen molar-refractivity contribution in [2.75, 3.05) is 0 Å². The Kier molecular flexibility index (Phi) is 1.00. The van der Waals surface area contributed by atoms with Gasteiger partial charge >= 0.3 is 0 Å². The minimum atomic E-state index is 0.487. The van der Waals surface area contributed by atoms with Gasteiger partial charge in [0.1, 0.15) is 6.26 Å². The highest BCUT2D eigenvalue weighted by molar-refractivity contribution is 5.49. The summed E-state index contributed by atoms with van der Waals surface area (Å²) >= 11 is 0. The Bertz CT molecular complexity index is 254. The lowest BCUT2D eigenvalue weighted by Crippen LogP contribution is -1.73. The maximum Gasteiger partial charge on any atom is 0.214 e. The van der Waals surface area contributed by atoms with Crippen LogP contribution in [0.5, 0.6) is 0 Å². The summed E-state index contributed by atoms with van der Waals surface area (Å²) in [6, 6.07) is 0. The van der Waals surface area contributed by atoms with E-state index in [2.05, 4.69) is 24.3 Å². The highest BCUT2D eigenvalue weighted by atomic mass is 16.5.